The number of hydrogen-bond donors (Lipinski definition) is 0. The van der Waals surface area contributed by atoms with Gasteiger partial charge in [0, 0.05) is 0 Å². The number of aromatic nitrogens is 2. The van der Waals surface area contributed by atoms with Crippen molar-refractivity contribution in [3.05, 3.63) is 24.7 Å². The average Bonchev–Trinajstić information content (AvgIpc) is 3.07. The Bertz CT molecular complexity index is 770. The molecule has 0 N–H and O–H groups in total. The minimum absolute atomic E-state index is 0.276. The Labute approximate surface area is 181 Å². The first kappa shape index (κ1) is 24.2. The Morgan fingerprint density at radius 3 is 2.07 bits per heavy atom. The molecule has 162 valence electrons. The molecule has 2 aromatic rings. The molecule has 0 unspecified atom stereocenters. The van der Waals surface area contributed by atoms with Gasteiger partial charge in [-0.05, 0) is 0 Å². The second kappa shape index (κ2) is 10.8. The van der Waals surface area contributed by atoms with Crippen molar-refractivity contribution >= 4 is 39.0 Å². The van der Waals surface area contributed by atoms with Crippen LogP contribution in [0.3, 0.4) is 0 Å². The van der Waals surface area contributed by atoms with Crippen molar-refractivity contribution in [2.45, 2.75) is 99.0 Å². The minimum atomic E-state index is -2.70. The third-order valence-corrected chi connectivity index (χ3v) is 21.4. The van der Waals surface area contributed by atoms with Crippen LogP contribution >= 0.6 is 0 Å². The van der Waals surface area contributed by atoms with Crippen LogP contribution < -0.4 is 3.58 Å². The van der Waals surface area contributed by atoms with Crippen LogP contribution in [-0.4, -0.2) is 39.6 Å². The molecule has 0 bridgehead atoms. The van der Waals surface area contributed by atoms with Gasteiger partial charge in [0.25, 0.3) is 0 Å². The normalized spacial score (nSPS) is 12.5. The number of nitrogens with zero attached hydrogens (tertiary/aromatic N) is 2. The van der Waals surface area contributed by atoms with E-state index < -0.39 is 24.0 Å². The molecule has 2 heterocycles. The van der Waals surface area contributed by atoms with E-state index in [1.807, 2.05) is 33.0 Å². The summed E-state index contributed by atoms with van der Waals surface area (Å²) in [5.41, 5.74) is 0.447. The molecule has 0 radical (unpaired) electrons. The fourth-order valence-electron chi connectivity index (χ4n) is 4.28. The zero-order valence-electron chi connectivity index (χ0n) is 19.4. The van der Waals surface area contributed by atoms with Crippen molar-refractivity contribution in [2.75, 3.05) is 0 Å². The van der Waals surface area contributed by atoms with Crippen LogP contribution in [0.15, 0.2) is 24.7 Å². The van der Waals surface area contributed by atoms with Crippen molar-refractivity contribution in [1.29, 1.82) is 0 Å². The summed E-state index contributed by atoms with van der Waals surface area (Å²) in [6.07, 6.45) is 13.2. The number of unbranched alkanes of at least 4 members (excludes halogenated alkanes) is 3. The van der Waals surface area contributed by atoms with E-state index in [0.717, 1.165) is 5.52 Å². The molecule has 5 heteroatoms. The molecule has 0 aromatic carbocycles. The van der Waals surface area contributed by atoms with E-state index >= 15 is 0 Å². The van der Waals surface area contributed by atoms with Gasteiger partial charge in [-0.2, -0.15) is 0 Å². The van der Waals surface area contributed by atoms with E-state index in [2.05, 4.69) is 32.0 Å². The van der Waals surface area contributed by atoms with Crippen molar-refractivity contribution in [2.24, 2.45) is 0 Å². The predicted molar refractivity (Wildman–Crippen MR) is 126 cm³/mol. The molecule has 0 fully saturated rings. The Morgan fingerprint density at radius 2 is 1.59 bits per heavy atom. The second-order valence-electron chi connectivity index (χ2n) is 9.38. The third kappa shape index (κ3) is 6.22. The number of rotatable bonds is 10. The molecule has 29 heavy (non-hydrogen) atoms. The van der Waals surface area contributed by atoms with Gasteiger partial charge < -0.3 is 0 Å². The summed E-state index contributed by atoms with van der Waals surface area (Å²) in [4.78, 5) is 17.4. The number of hydrogen-bond acceptors (Lipinski definition) is 3. The van der Waals surface area contributed by atoms with Crippen LogP contribution in [-0.2, 0) is 4.74 Å². The fraction of sp³-hybridized carbons (Fsp3) is 0.667. The van der Waals surface area contributed by atoms with E-state index in [9.17, 15) is 4.79 Å². The van der Waals surface area contributed by atoms with E-state index in [0.29, 0.717) is 0 Å². The number of ether oxygens (including phenoxy) is 1. The van der Waals surface area contributed by atoms with Gasteiger partial charge >= 0.3 is 182 Å². The number of fused-ring (bicyclic) bond motifs is 1. The molecular formula is C24H40N2O2Sn. The van der Waals surface area contributed by atoms with Crippen LogP contribution in [0.2, 0.25) is 13.3 Å². The van der Waals surface area contributed by atoms with Crippen LogP contribution in [0.25, 0.3) is 10.9 Å². The van der Waals surface area contributed by atoms with Gasteiger partial charge in [-0.1, -0.05) is 0 Å². The first-order chi connectivity index (χ1) is 13.8. The second-order valence-corrected chi connectivity index (χ2v) is 22.5. The summed E-state index contributed by atoms with van der Waals surface area (Å²) in [6.45, 7) is 12.6. The molecule has 0 aliphatic carbocycles. The molecule has 4 nitrogen and oxygen atoms in total. The summed E-state index contributed by atoms with van der Waals surface area (Å²) in [5.74, 6) is 0. The van der Waals surface area contributed by atoms with Gasteiger partial charge in [-0.3, -0.25) is 0 Å². The maximum atomic E-state index is 13.0. The third-order valence-electron chi connectivity index (χ3n) is 5.79. The van der Waals surface area contributed by atoms with Gasteiger partial charge in [0.05, 0.1) is 0 Å². The fourth-order valence-corrected chi connectivity index (χ4v) is 20.9. The Balaban J connectivity index is 2.62. The average molecular weight is 507 g/mol. The summed E-state index contributed by atoms with van der Waals surface area (Å²) in [6, 6.07) is 1.97. The molecular weight excluding hydrogens is 467 g/mol. The van der Waals surface area contributed by atoms with Crippen molar-refractivity contribution in [1.82, 2.24) is 9.55 Å². The predicted octanol–water partition coefficient (Wildman–Crippen LogP) is 6.88. The van der Waals surface area contributed by atoms with Gasteiger partial charge in [-0.15, -0.1) is 0 Å². The molecule has 0 spiro atoms. The standard InChI is InChI=1S/C12H13N2O2.3C4H9.Sn/c1-12(2,3)16-11(15)14-7-5-9-8-13-6-4-10(9)14;3*1-3-4-2;/h4,6-8H,1-3H3;3*1,3-4H2,2H3;. The van der Waals surface area contributed by atoms with Gasteiger partial charge in [0.1, 0.15) is 0 Å². The van der Waals surface area contributed by atoms with Crippen molar-refractivity contribution in [3.63, 3.8) is 0 Å². The summed E-state index contributed by atoms with van der Waals surface area (Å²) < 4.78 is 13.1. The van der Waals surface area contributed by atoms with Crippen molar-refractivity contribution < 1.29 is 9.53 Å². The SMILES string of the molecule is CCC[CH2][Sn]([CH2]CCC)([CH2]CCC)[c]1cn(C(=O)OC(C)(C)C)c2ccncc12. The van der Waals surface area contributed by atoms with E-state index in [4.69, 9.17) is 4.74 Å². The quantitative estimate of drug-likeness (QED) is 0.330. The zero-order valence-corrected chi connectivity index (χ0v) is 22.2. The first-order valence-corrected chi connectivity index (χ1v) is 18.9. The summed E-state index contributed by atoms with van der Waals surface area (Å²) in [7, 11) is 0. The van der Waals surface area contributed by atoms with Crippen LogP contribution in [0.4, 0.5) is 4.79 Å². The molecule has 0 aliphatic rings. The molecule has 0 amide bonds. The Morgan fingerprint density at radius 1 is 1.03 bits per heavy atom. The topological polar surface area (TPSA) is 44.1 Å². The molecule has 0 aliphatic heterocycles. The van der Waals surface area contributed by atoms with Crippen LogP contribution in [0.5, 0.6) is 0 Å². The Hall–Kier alpha value is -1.04. The Kier molecular flexibility index (Phi) is 9.05. The maximum absolute atomic E-state index is 13.0. The first-order valence-electron chi connectivity index (χ1n) is 11.5. The number of pyridine rings is 1. The van der Waals surface area contributed by atoms with Crippen LogP contribution in [0, 0.1) is 0 Å². The van der Waals surface area contributed by atoms with Crippen LogP contribution in [0.1, 0.15) is 80.1 Å². The van der Waals surface area contributed by atoms with E-state index in [1.54, 1.807) is 10.8 Å². The van der Waals surface area contributed by atoms with Gasteiger partial charge in [-0.25, -0.2) is 0 Å². The molecule has 0 saturated carbocycles. The number of carbonyl (C=O) groups excluding carboxylic acids is 1. The van der Waals surface area contributed by atoms with Crippen molar-refractivity contribution in [3.8, 4) is 0 Å². The molecule has 0 saturated heterocycles. The molecule has 0 atom stereocenters. The summed E-state index contributed by atoms with van der Waals surface area (Å²) >= 11 is -2.70. The molecule has 2 rings (SSSR count). The number of carbonyl (C=O) groups is 1. The van der Waals surface area contributed by atoms with Gasteiger partial charge in [0.2, 0.25) is 0 Å². The summed E-state index contributed by atoms with van der Waals surface area (Å²) in [5, 5.41) is 1.19. The molecule has 2 aromatic heterocycles. The van der Waals surface area contributed by atoms with Gasteiger partial charge in [0.15, 0.2) is 0 Å². The van der Waals surface area contributed by atoms with E-state index in [1.165, 1.54) is 60.8 Å². The monoisotopic (exact) mass is 508 g/mol. The van der Waals surface area contributed by atoms with E-state index in [-0.39, 0.29) is 6.09 Å². The zero-order chi connectivity index (χ0) is 21.5.